The molecule has 24 heavy (non-hydrogen) atoms. The first-order valence-electron chi connectivity index (χ1n) is 8.32. The predicted octanol–water partition coefficient (Wildman–Crippen LogP) is 2.50. The van der Waals surface area contributed by atoms with Crippen molar-refractivity contribution < 1.29 is 14.3 Å². The first-order chi connectivity index (χ1) is 11.7. The van der Waals surface area contributed by atoms with Crippen molar-refractivity contribution in [3.05, 3.63) is 18.2 Å². The topological polar surface area (TPSA) is 63.7 Å². The maximum Gasteiger partial charge on any atom is 0.328 e. The van der Waals surface area contributed by atoms with Gasteiger partial charge in [0, 0.05) is 18.8 Å². The molecule has 4 rings (SSSR count). The number of esters is 1. The van der Waals surface area contributed by atoms with E-state index >= 15 is 0 Å². The number of methoxy groups -OCH3 is 1. The van der Waals surface area contributed by atoms with Crippen LogP contribution in [0.1, 0.15) is 12.8 Å². The fraction of sp³-hybridized carbons (Fsp3) is 0.529. The van der Waals surface area contributed by atoms with Crippen LogP contribution in [0, 0.1) is 5.92 Å². The van der Waals surface area contributed by atoms with Gasteiger partial charge in [-0.25, -0.2) is 9.78 Å². The number of nitrogens with one attached hydrogen (secondary N) is 1. The fourth-order valence-corrected chi connectivity index (χ4v) is 4.05. The van der Waals surface area contributed by atoms with Gasteiger partial charge in [0.05, 0.1) is 30.5 Å². The minimum Gasteiger partial charge on any atom is -0.467 e. The molecule has 0 bridgehead atoms. The molecule has 0 spiro atoms. The minimum absolute atomic E-state index is 0.184. The number of rotatable bonds is 5. The van der Waals surface area contributed by atoms with Crippen LogP contribution < -0.4 is 10.2 Å². The number of anilines is 2. The Balaban J connectivity index is 1.55. The Morgan fingerprint density at radius 3 is 2.92 bits per heavy atom. The number of hydrogen-bond donors (Lipinski definition) is 1. The van der Waals surface area contributed by atoms with Gasteiger partial charge in [-0.15, -0.1) is 0 Å². The van der Waals surface area contributed by atoms with Crippen molar-refractivity contribution in [3.8, 4) is 0 Å². The zero-order chi connectivity index (χ0) is 16.5. The summed E-state index contributed by atoms with van der Waals surface area (Å²) in [6.07, 6.45) is 2.16. The summed E-state index contributed by atoms with van der Waals surface area (Å²) < 4.78 is 11.5. The van der Waals surface area contributed by atoms with Crippen LogP contribution in [0.25, 0.3) is 10.2 Å². The lowest BCUT2D eigenvalue weighted by molar-refractivity contribution is -0.142. The van der Waals surface area contributed by atoms with E-state index in [1.165, 1.54) is 7.11 Å². The molecule has 1 saturated carbocycles. The number of carbonyl (C=O) groups is 1. The number of carbonyl (C=O) groups excluding carboxylic acids is 1. The summed E-state index contributed by atoms with van der Waals surface area (Å²) in [4.78, 5) is 19.0. The number of hydrogen-bond acceptors (Lipinski definition) is 7. The summed E-state index contributed by atoms with van der Waals surface area (Å²) >= 11 is 1.69. The number of thiazole rings is 1. The molecule has 0 radical (unpaired) electrons. The second-order valence-corrected chi connectivity index (χ2v) is 7.27. The van der Waals surface area contributed by atoms with Gasteiger partial charge in [-0.05, 0) is 37.0 Å². The van der Waals surface area contributed by atoms with Crippen LogP contribution in [-0.2, 0) is 14.3 Å². The molecule has 128 valence electrons. The fourth-order valence-electron chi connectivity index (χ4n) is 3.00. The van der Waals surface area contributed by atoms with Gasteiger partial charge in [0.15, 0.2) is 5.13 Å². The van der Waals surface area contributed by atoms with Crippen molar-refractivity contribution in [1.82, 2.24) is 4.98 Å². The zero-order valence-corrected chi connectivity index (χ0v) is 14.5. The van der Waals surface area contributed by atoms with E-state index < -0.39 is 0 Å². The molecule has 2 fully saturated rings. The van der Waals surface area contributed by atoms with E-state index in [0.29, 0.717) is 5.92 Å². The highest BCUT2D eigenvalue weighted by molar-refractivity contribution is 7.22. The van der Waals surface area contributed by atoms with Crippen LogP contribution in [0.15, 0.2) is 18.2 Å². The van der Waals surface area contributed by atoms with E-state index in [1.807, 2.05) is 12.1 Å². The molecule has 1 aliphatic heterocycles. The highest BCUT2D eigenvalue weighted by atomic mass is 32.1. The van der Waals surface area contributed by atoms with Gasteiger partial charge in [-0.1, -0.05) is 11.3 Å². The lowest BCUT2D eigenvalue weighted by Crippen LogP contribution is -2.36. The van der Waals surface area contributed by atoms with Crippen molar-refractivity contribution in [2.24, 2.45) is 5.92 Å². The molecule has 1 N–H and O–H groups in total. The van der Waals surface area contributed by atoms with Gasteiger partial charge in [0.2, 0.25) is 0 Å². The van der Waals surface area contributed by atoms with E-state index in [4.69, 9.17) is 14.5 Å². The molecule has 1 aromatic carbocycles. The first kappa shape index (κ1) is 15.7. The average molecular weight is 347 g/mol. The number of aromatic nitrogens is 1. The SMILES string of the molecule is COC(=O)[C@@H](Nc1ccc2nc(N3CCOCC3)sc2c1)C1CC1. The highest BCUT2D eigenvalue weighted by Gasteiger charge is 2.37. The maximum atomic E-state index is 12.0. The summed E-state index contributed by atoms with van der Waals surface area (Å²) in [6.45, 7) is 3.28. The quantitative estimate of drug-likeness (QED) is 0.839. The van der Waals surface area contributed by atoms with Crippen molar-refractivity contribution in [2.45, 2.75) is 18.9 Å². The van der Waals surface area contributed by atoms with Gasteiger partial charge in [-0.2, -0.15) is 0 Å². The number of benzene rings is 1. The van der Waals surface area contributed by atoms with Crippen molar-refractivity contribution in [3.63, 3.8) is 0 Å². The molecule has 6 nitrogen and oxygen atoms in total. The van der Waals surface area contributed by atoms with Crippen LogP contribution in [0.2, 0.25) is 0 Å². The molecule has 1 saturated heterocycles. The van der Waals surface area contributed by atoms with Crippen LogP contribution in [0.5, 0.6) is 0 Å². The van der Waals surface area contributed by atoms with E-state index in [2.05, 4.69) is 16.3 Å². The minimum atomic E-state index is -0.251. The monoisotopic (exact) mass is 347 g/mol. The number of nitrogens with zero attached hydrogens (tertiary/aromatic N) is 2. The third-order valence-electron chi connectivity index (χ3n) is 4.53. The Hall–Kier alpha value is -1.86. The summed E-state index contributed by atoms with van der Waals surface area (Å²) in [5, 5.41) is 4.38. The molecule has 1 aliphatic carbocycles. The third-order valence-corrected chi connectivity index (χ3v) is 5.61. The Morgan fingerprint density at radius 2 is 2.21 bits per heavy atom. The average Bonchev–Trinajstić information content (AvgIpc) is 3.38. The second kappa shape index (κ2) is 6.57. The van der Waals surface area contributed by atoms with Crippen LogP contribution in [0.4, 0.5) is 10.8 Å². The number of morpholine rings is 1. The molecule has 1 aromatic heterocycles. The Bertz CT molecular complexity index is 738. The van der Waals surface area contributed by atoms with Crippen molar-refractivity contribution in [1.29, 1.82) is 0 Å². The molecular weight excluding hydrogens is 326 g/mol. The Labute approximate surface area is 144 Å². The highest BCUT2D eigenvalue weighted by Crippen LogP contribution is 2.36. The lowest BCUT2D eigenvalue weighted by Gasteiger charge is -2.25. The van der Waals surface area contributed by atoms with Crippen molar-refractivity contribution >= 4 is 38.3 Å². The Kier molecular flexibility index (Phi) is 4.28. The lowest BCUT2D eigenvalue weighted by atomic mass is 10.1. The Morgan fingerprint density at radius 1 is 1.42 bits per heavy atom. The van der Waals surface area contributed by atoms with E-state index in [-0.39, 0.29) is 12.0 Å². The van der Waals surface area contributed by atoms with E-state index in [1.54, 1.807) is 11.3 Å². The molecule has 2 aliphatic rings. The van der Waals surface area contributed by atoms with Crippen LogP contribution >= 0.6 is 11.3 Å². The summed E-state index contributed by atoms with van der Waals surface area (Å²) in [6, 6.07) is 5.83. The van der Waals surface area contributed by atoms with Gasteiger partial charge < -0.3 is 19.7 Å². The number of ether oxygens (including phenoxy) is 2. The normalized spacial score (nSPS) is 19.3. The molecule has 0 amide bonds. The first-order valence-corrected chi connectivity index (χ1v) is 9.14. The van der Waals surface area contributed by atoms with Gasteiger partial charge >= 0.3 is 5.97 Å². The standard InChI is InChI=1S/C17H21N3O3S/c1-22-16(21)15(11-2-3-11)18-12-4-5-13-14(10-12)24-17(19-13)20-6-8-23-9-7-20/h4-5,10-11,15,18H,2-3,6-9H2,1H3/t15-/m0/s1. The van der Waals surface area contributed by atoms with E-state index in [9.17, 15) is 4.79 Å². The smallest absolute Gasteiger partial charge is 0.328 e. The molecule has 7 heteroatoms. The van der Waals surface area contributed by atoms with Gasteiger partial charge in [0.1, 0.15) is 6.04 Å². The van der Waals surface area contributed by atoms with Gasteiger partial charge in [-0.3, -0.25) is 0 Å². The molecule has 2 aromatic rings. The maximum absolute atomic E-state index is 12.0. The predicted molar refractivity (Wildman–Crippen MR) is 94.8 cm³/mol. The summed E-state index contributed by atoms with van der Waals surface area (Å²) in [5.74, 6) is 0.203. The van der Waals surface area contributed by atoms with Crippen LogP contribution in [0.3, 0.4) is 0 Å². The third kappa shape index (κ3) is 3.18. The molecule has 1 atom stereocenters. The zero-order valence-electron chi connectivity index (χ0n) is 13.7. The second-order valence-electron chi connectivity index (χ2n) is 6.26. The summed E-state index contributed by atoms with van der Waals surface area (Å²) in [5.41, 5.74) is 1.94. The van der Waals surface area contributed by atoms with E-state index in [0.717, 1.165) is 60.2 Å². The number of fused-ring (bicyclic) bond motifs is 1. The summed E-state index contributed by atoms with van der Waals surface area (Å²) in [7, 11) is 1.44. The largest absolute Gasteiger partial charge is 0.467 e. The molecular formula is C17H21N3O3S. The molecule has 2 heterocycles. The molecule has 0 unspecified atom stereocenters. The van der Waals surface area contributed by atoms with Crippen LogP contribution in [-0.4, -0.2) is 50.4 Å². The van der Waals surface area contributed by atoms with Gasteiger partial charge in [0.25, 0.3) is 0 Å². The van der Waals surface area contributed by atoms with Crippen molar-refractivity contribution in [2.75, 3.05) is 43.6 Å².